The standard InChI is InChI=1S/C31H45N3O7/c1-20-8-9-23(16-26(20)35)14-24(17-27(36)21(2)32-28(37)18-34-10-12-40-13-11-34)30(39)33-25(15-22-6-4-5-7-22)29(38)31(3)19-41-31/h8-9,16,21-22,24-25,35H,4-7,10-15,17-19H2,1-3H3,(H,32,37)(H,33,39)/t21-,24+,25-,31+/m0/s1. The molecule has 0 unspecified atom stereocenters. The molecule has 4 rings (SSSR count). The second-order valence-electron chi connectivity index (χ2n) is 12.2. The second kappa shape index (κ2) is 13.9. The first-order chi connectivity index (χ1) is 19.5. The molecule has 3 N–H and O–H groups in total. The van der Waals surface area contributed by atoms with Crippen molar-refractivity contribution in [2.75, 3.05) is 39.5 Å². The van der Waals surface area contributed by atoms with Crippen LogP contribution in [-0.2, 0) is 35.1 Å². The molecular formula is C31H45N3O7. The fraction of sp³-hybridized carbons (Fsp3) is 0.677. The van der Waals surface area contributed by atoms with Crippen molar-refractivity contribution in [1.29, 1.82) is 0 Å². The fourth-order valence-corrected chi connectivity index (χ4v) is 5.79. The van der Waals surface area contributed by atoms with E-state index in [4.69, 9.17) is 9.47 Å². The van der Waals surface area contributed by atoms with Crippen LogP contribution in [0.15, 0.2) is 18.2 Å². The van der Waals surface area contributed by atoms with Gasteiger partial charge in [-0.3, -0.25) is 24.1 Å². The van der Waals surface area contributed by atoms with Crippen LogP contribution in [0.3, 0.4) is 0 Å². The van der Waals surface area contributed by atoms with Gasteiger partial charge >= 0.3 is 0 Å². The van der Waals surface area contributed by atoms with E-state index in [0.717, 1.165) is 25.7 Å². The summed E-state index contributed by atoms with van der Waals surface area (Å²) in [4.78, 5) is 54.9. The third-order valence-electron chi connectivity index (χ3n) is 8.68. The van der Waals surface area contributed by atoms with Crippen LogP contribution < -0.4 is 10.6 Å². The molecule has 41 heavy (non-hydrogen) atoms. The van der Waals surface area contributed by atoms with Crippen molar-refractivity contribution in [2.45, 2.75) is 83.4 Å². The monoisotopic (exact) mass is 571 g/mol. The van der Waals surface area contributed by atoms with Crippen LogP contribution in [0.2, 0.25) is 0 Å². The molecule has 0 spiro atoms. The maximum Gasteiger partial charge on any atom is 0.234 e. The number of phenolic OH excluding ortho intramolecular Hbond substituents is 1. The number of phenols is 1. The Kier molecular flexibility index (Phi) is 10.5. The second-order valence-corrected chi connectivity index (χ2v) is 12.2. The third kappa shape index (κ3) is 8.83. The average Bonchev–Trinajstić information content (AvgIpc) is 3.48. The highest BCUT2D eigenvalue weighted by Gasteiger charge is 2.50. The lowest BCUT2D eigenvalue weighted by Gasteiger charge is -2.27. The number of Topliss-reactive ketones (excluding diaryl/α,β-unsaturated/α-hetero) is 2. The van der Waals surface area contributed by atoms with Gasteiger partial charge in [0.15, 0.2) is 11.6 Å². The van der Waals surface area contributed by atoms with Crippen LogP contribution >= 0.6 is 0 Å². The molecule has 2 amide bonds. The summed E-state index contributed by atoms with van der Waals surface area (Å²) in [6.45, 7) is 8.15. The minimum absolute atomic E-state index is 0.114. The number of carbonyl (C=O) groups is 4. The van der Waals surface area contributed by atoms with Crippen molar-refractivity contribution in [3.05, 3.63) is 29.3 Å². The summed E-state index contributed by atoms with van der Waals surface area (Å²) >= 11 is 0. The fourth-order valence-electron chi connectivity index (χ4n) is 5.79. The lowest BCUT2D eigenvalue weighted by atomic mass is 9.88. The molecule has 2 saturated heterocycles. The van der Waals surface area contributed by atoms with E-state index < -0.39 is 23.6 Å². The number of aromatic hydroxyl groups is 1. The maximum absolute atomic E-state index is 13.8. The van der Waals surface area contributed by atoms with Gasteiger partial charge in [0, 0.05) is 25.4 Å². The molecule has 0 aromatic heterocycles. The number of rotatable bonds is 14. The van der Waals surface area contributed by atoms with E-state index in [-0.39, 0.29) is 48.5 Å². The number of hydrogen-bond acceptors (Lipinski definition) is 8. The Balaban J connectivity index is 1.44. The average molecular weight is 572 g/mol. The molecule has 226 valence electrons. The largest absolute Gasteiger partial charge is 0.508 e. The number of hydrogen-bond donors (Lipinski definition) is 3. The van der Waals surface area contributed by atoms with E-state index in [1.54, 1.807) is 32.9 Å². The Morgan fingerprint density at radius 3 is 2.44 bits per heavy atom. The predicted octanol–water partition coefficient (Wildman–Crippen LogP) is 2.08. The van der Waals surface area contributed by atoms with Crippen molar-refractivity contribution in [1.82, 2.24) is 15.5 Å². The maximum atomic E-state index is 13.8. The third-order valence-corrected chi connectivity index (χ3v) is 8.68. The van der Waals surface area contributed by atoms with Crippen molar-refractivity contribution in [3.8, 4) is 5.75 Å². The molecule has 3 aliphatic rings. The smallest absolute Gasteiger partial charge is 0.234 e. The Morgan fingerprint density at radius 2 is 1.80 bits per heavy atom. The lowest BCUT2D eigenvalue weighted by molar-refractivity contribution is -0.134. The summed E-state index contributed by atoms with van der Waals surface area (Å²) in [5, 5.41) is 16.0. The molecule has 1 saturated carbocycles. The SMILES string of the molecule is Cc1ccc(C[C@H](CC(=O)[C@H](C)NC(=O)CN2CCOCC2)C(=O)N[C@@H](CC2CCCC2)C(=O)[C@@]2(C)CO2)cc1O. The number of nitrogens with zero attached hydrogens (tertiary/aromatic N) is 1. The summed E-state index contributed by atoms with van der Waals surface area (Å²) < 4.78 is 10.7. The van der Waals surface area contributed by atoms with Crippen molar-refractivity contribution in [3.63, 3.8) is 0 Å². The number of epoxide rings is 1. The van der Waals surface area contributed by atoms with Gasteiger partial charge in [-0.05, 0) is 56.7 Å². The number of ether oxygens (including phenoxy) is 2. The molecule has 2 heterocycles. The Labute approximate surface area is 242 Å². The topological polar surface area (TPSA) is 138 Å². The zero-order chi connectivity index (χ0) is 29.6. The van der Waals surface area contributed by atoms with Crippen LogP contribution in [0, 0.1) is 18.8 Å². The molecule has 2 aliphatic heterocycles. The normalized spacial score (nSPS) is 23.4. The van der Waals surface area contributed by atoms with Gasteiger partial charge in [0.25, 0.3) is 0 Å². The zero-order valence-electron chi connectivity index (χ0n) is 24.6. The zero-order valence-corrected chi connectivity index (χ0v) is 24.6. The van der Waals surface area contributed by atoms with E-state index in [9.17, 15) is 24.3 Å². The van der Waals surface area contributed by atoms with Gasteiger partial charge in [-0.2, -0.15) is 0 Å². The Morgan fingerprint density at radius 1 is 1.12 bits per heavy atom. The summed E-state index contributed by atoms with van der Waals surface area (Å²) in [5.74, 6) is -1.34. The van der Waals surface area contributed by atoms with Crippen LogP contribution in [0.25, 0.3) is 0 Å². The number of amides is 2. The molecule has 4 atom stereocenters. The molecule has 1 aromatic rings. The Hall–Kier alpha value is -2.82. The minimum atomic E-state index is -0.871. The molecular weight excluding hydrogens is 526 g/mol. The quantitative estimate of drug-likeness (QED) is 0.289. The summed E-state index contributed by atoms with van der Waals surface area (Å²) in [6.07, 6.45) is 4.96. The van der Waals surface area contributed by atoms with Crippen molar-refractivity contribution in [2.24, 2.45) is 11.8 Å². The van der Waals surface area contributed by atoms with Crippen LogP contribution in [0.5, 0.6) is 5.75 Å². The van der Waals surface area contributed by atoms with Crippen LogP contribution in [0.4, 0.5) is 0 Å². The van der Waals surface area contributed by atoms with Crippen molar-refractivity contribution >= 4 is 23.4 Å². The van der Waals surface area contributed by atoms with Crippen LogP contribution in [0.1, 0.15) is 63.5 Å². The number of benzene rings is 1. The van der Waals surface area contributed by atoms with E-state index in [1.807, 2.05) is 11.0 Å². The predicted molar refractivity (Wildman–Crippen MR) is 152 cm³/mol. The highest BCUT2D eigenvalue weighted by molar-refractivity contribution is 5.98. The molecule has 3 fully saturated rings. The molecule has 0 bridgehead atoms. The van der Waals surface area contributed by atoms with E-state index in [2.05, 4.69) is 10.6 Å². The highest BCUT2D eigenvalue weighted by atomic mass is 16.6. The first-order valence-electron chi connectivity index (χ1n) is 14.9. The van der Waals surface area contributed by atoms with Gasteiger partial charge in [-0.25, -0.2) is 0 Å². The first kappa shape index (κ1) is 31.1. The summed E-state index contributed by atoms with van der Waals surface area (Å²) in [6, 6.07) is 3.74. The first-order valence-corrected chi connectivity index (χ1v) is 14.9. The minimum Gasteiger partial charge on any atom is -0.508 e. The molecule has 0 radical (unpaired) electrons. The van der Waals surface area contributed by atoms with Gasteiger partial charge in [-0.15, -0.1) is 0 Å². The van der Waals surface area contributed by atoms with Crippen molar-refractivity contribution < 1.29 is 33.8 Å². The van der Waals surface area contributed by atoms with E-state index in [0.29, 0.717) is 56.4 Å². The molecule has 10 nitrogen and oxygen atoms in total. The number of nitrogens with one attached hydrogen (secondary N) is 2. The van der Waals surface area contributed by atoms with Gasteiger partial charge in [-0.1, -0.05) is 37.8 Å². The highest BCUT2D eigenvalue weighted by Crippen LogP contribution is 2.34. The van der Waals surface area contributed by atoms with E-state index >= 15 is 0 Å². The van der Waals surface area contributed by atoms with Gasteiger partial charge in [0.2, 0.25) is 11.8 Å². The molecule has 1 aromatic carbocycles. The lowest BCUT2D eigenvalue weighted by Crippen LogP contribution is -2.50. The summed E-state index contributed by atoms with van der Waals surface area (Å²) in [5.41, 5.74) is 0.549. The van der Waals surface area contributed by atoms with Gasteiger partial charge < -0.3 is 25.2 Å². The van der Waals surface area contributed by atoms with Gasteiger partial charge in [0.05, 0.1) is 38.4 Å². The molecule has 10 heteroatoms. The summed E-state index contributed by atoms with van der Waals surface area (Å²) in [7, 11) is 0. The van der Waals surface area contributed by atoms with Gasteiger partial charge in [0.1, 0.15) is 11.4 Å². The number of aryl methyl sites for hydroxylation is 1. The molecule has 1 aliphatic carbocycles. The number of carbonyl (C=O) groups excluding carboxylic acids is 4. The number of morpholine rings is 1. The van der Waals surface area contributed by atoms with E-state index in [1.165, 1.54) is 0 Å². The number of ketones is 2. The van der Waals surface area contributed by atoms with Crippen LogP contribution in [-0.4, -0.2) is 90.5 Å². The Bertz CT molecular complexity index is 1110.